The lowest BCUT2D eigenvalue weighted by atomic mass is 10.3. The van der Waals surface area contributed by atoms with Crippen LogP contribution in [0.2, 0.25) is 0 Å². The van der Waals surface area contributed by atoms with Crippen molar-refractivity contribution in [1.82, 2.24) is 9.38 Å². The second-order valence-corrected chi connectivity index (χ2v) is 2.74. The molecule has 0 radical (unpaired) electrons. The average Bonchev–Trinajstić information content (AvgIpc) is 2.46. The van der Waals surface area contributed by atoms with Crippen LogP contribution < -0.4 is 0 Å². The van der Waals surface area contributed by atoms with Gasteiger partial charge in [-0.1, -0.05) is 11.2 Å². The topological polar surface area (TPSA) is 49.9 Å². The molecule has 4 heteroatoms. The third-order valence-electron chi connectivity index (χ3n) is 1.93. The highest BCUT2D eigenvalue weighted by Crippen LogP contribution is 2.09. The fourth-order valence-electron chi connectivity index (χ4n) is 1.37. The minimum atomic E-state index is 0.681. The number of rotatable bonds is 1. The lowest BCUT2D eigenvalue weighted by Gasteiger charge is -1.92. The van der Waals surface area contributed by atoms with Crippen LogP contribution in [0.25, 0.3) is 5.52 Å². The van der Waals surface area contributed by atoms with E-state index in [0.717, 1.165) is 11.3 Å². The van der Waals surface area contributed by atoms with Gasteiger partial charge < -0.3 is 9.61 Å². The number of fused-ring (bicyclic) bond motifs is 1. The van der Waals surface area contributed by atoms with Crippen molar-refractivity contribution in [3.8, 4) is 0 Å². The molecule has 0 fully saturated rings. The van der Waals surface area contributed by atoms with Crippen LogP contribution in [0.15, 0.2) is 29.6 Å². The van der Waals surface area contributed by atoms with Gasteiger partial charge in [-0.15, -0.1) is 0 Å². The van der Waals surface area contributed by atoms with Crippen molar-refractivity contribution in [2.24, 2.45) is 5.16 Å². The molecule has 2 aromatic heterocycles. The van der Waals surface area contributed by atoms with Crippen molar-refractivity contribution in [2.45, 2.75) is 6.92 Å². The quantitative estimate of drug-likeness (QED) is 0.405. The SMILES string of the molecule is Cc1nc(/C=N\O)c2ccccn12. The molecule has 0 bridgehead atoms. The van der Waals surface area contributed by atoms with E-state index >= 15 is 0 Å². The Balaban J connectivity index is 2.77. The maximum Gasteiger partial charge on any atom is 0.111 e. The highest BCUT2D eigenvalue weighted by Gasteiger charge is 2.03. The van der Waals surface area contributed by atoms with Crippen molar-refractivity contribution in [2.75, 3.05) is 0 Å². The van der Waals surface area contributed by atoms with Gasteiger partial charge in [-0.2, -0.15) is 0 Å². The molecule has 4 nitrogen and oxygen atoms in total. The van der Waals surface area contributed by atoms with Crippen LogP contribution in [0.5, 0.6) is 0 Å². The number of aryl methyl sites for hydroxylation is 1. The van der Waals surface area contributed by atoms with E-state index in [9.17, 15) is 0 Å². The monoisotopic (exact) mass is 175 g/mol. The van der Waals surface area contributed by atoms with Crippen molar-refractivity contribution in [3.05, 3.63) is 35.9 Å². The molecule has 0 aliphatic heterocycles. The molecule has 0 unspecified atom stereocenters. The minimum absolute atomic E-state index is 0.681. The Hall–Kier alpha value is -1.84. The van der Waals surface area contributed by atoms with Crippen LogP contribution in [0.1, 0.15) is 11.5 Å². The highest BCUT2D eigenvalue weighted by atomic mass is 16.4. The van der Waals surface area contributed by atoms with E-state index in [-0.39, 0.29) is 0 Å². The van der Waals surface area contributed by atoms with Gasteiger partial charge in [0.1, 0.15) is 11.5 Å². The lowest BCUT2D eigenvalue weighted by molar-refractivity contribution is 0.322. The molecular weight excluding hydrogens is 166 g/mol. The first-order valence-electron chi connectivity index (χ1n) is 3.94. The van der Waals surface area contributed by atoms with Crippen molar-refractivity contribution in [1.29, 1.82) is 0 Å². The summed E-state index contributed by atoms with van der Waals surface area (Å²) >= 11 is 0. The largest absolute Gasteiger partial charge is 0.411 e. The Morgan fingerprint density at radius 1 is 1.54 bits per heavy atom. The standard InChI is InChI=1S/C9H9N3O/c1-7-11-8(6-10-13)9-4-2-3-5-12(7)9/h2-6,13H,1H3/b10-6-. The first-order chi connectivity index (χ1) is 6.33. The number of hydrogen-bond acceptors (Lipinski definition) is 3. The molecule has 1 N–H and O–H groups in total. The molecule has 0 amide bonds. The zero-order chi connectivity index (χ0) is 9.26. The predicted molar refractivity (Wildman–Crippen MR) is 49.3 cm³/mol. The summed E-state index contributed by atoms with van der Waals surface area (Å²) in [5.41, 5.74) is 1.62. The van der Waals surface area contributed by atoms with E-state index in [1.165, 1.54) is 6.21 Å². The molecule has 0 aromatic carbocycles. The zero-order valence-electron chi connectivity index (χ0n) is 7.18. The summed E-state index contributed by atoms with van der Waals surface area (Å²) in [6.07, 6.45) is 3.26. The van der Waals surface area contributed by atoms with Crippen LogP contribution in [0.4, 0.5) is 0 Å². The molecule has 66 valence electrons. The number of nitrogens with zero attached hydrogens (tertiary/aromatic N) is 3. The zero-order valence-corrected chi connectivity index (χ0v) is 7.18. The van der Waals surface area contributed by atoms with Crippen LogP contribution >= 0.6 is 0 Å². The second kappa shape index (κ2) is 2.90. The Morgan fingerprint density at radius 2 is 2.38 bits per heavy atom. The fraction of sp³-hybridized carbons (Fsp3) is 0.111. The molecule has 2 aromatic rings. The van der Waals surface area contributed by atoms with Crippen LogP contribution in [-0.4, -0.2) is 20.8 Å². The summed E-state index contributed by atoms with van der Waals surface area (Å²) in [7, 11) is 0. The molecule has 0 saturated carbocycles. The highest BCUT2D eigenvalue weighted by molar-refractivity contribution is 5.86. The van der Waals surface area contributed by atoms with E-state index in [4.69, 9.17) is 5.21 Å². The molecule has 0 aliphatic rings. The van der Waals surface area contributed by atoms with Crippen LogP contribution in [-0.2, 0) is 0 Å². The van der Waals surface area contributed by atoms with Crippen molar-refractivity contribution in [3.63, 3.8) is 0 Å². The van der Waals surface area contributed by atoms with E-state index < -0.39 is 0 Å². The molecule has 13 heavy (non-hydrogen) atoms. The normalized spacial score (nSPS) is 11.5. The maximum atomic E-state index is 8.41. The molecule has 0 saturated heterocycles. The maximum absolute atomic E-state index is 8.41. The Labute approximate surface area is 75.1 Å². The van der Waals surface area contributed by atoms with Crippen molar-refractivity contribution < 1.29 is 5.21 Å². The second-order valence-electron chi connectivity index (χ2n) is 2.74. The number of oxime groups is 1. The summed E-state index contributed by atoms with van der Waals surface area (Å²) in [6, 6.07) is 5.78. The van der Waals surface area contributed by atoms with Crippen LogP contribution in [0, 0.1) is 6.92 Å². The Kier molecular flexibility index (Phi) is 1.73. The van der Waals surface area contributed by atoms with E-state index in [0.29, 0.717) is 5.69 Å². The van der Waals surface area contributed by atoms with Gasteiger partial charge in [0, 0.05) is 6.20 Å². The summed E-state index contributed by atoms with van der Waals surface area (Å²) in [4.78, 5) is 4.23. The molecule has 0 spiro atoms. The Bertz CT molecular complexity index is 459. The van der Waals surface area contributed by atoms with E-state index in [1.54, 1.807) is 0 Å². The number of hydrogen-bond donors (Lipinski definition) is 1. The smallest absolute Gasteiger partial charge is 0.111 e. The van der Waals surface area contributed by atoms with Crippen molar-refractivity contribution >= 4 is 11.7 Å². The van der Waals surface area contributed by atoms with Crippen LogP contribution in [0.3, 0.4) is 0 Å². The summed E-state index contributed by atoms with van der Waals surface area (Å²) in [5, 5.41) is 11.4. The van der Waals surface area contributed by atoms with E-state index in [1.807, 2.05) is 35.7 Å². The first-order valence-corrected chi connectivity index (χ1v) is 3.94. The molecule has 0 atom stereocenters. The lowest BCUT2D eigenvalue weighted by Crippen LogP contribution is -1.84. The third kappa shape index (κ3) is 1.16. The summed E-state index contributed by atoms with van der Waals surface area (Å²) < 4.78 is 1.94. The summed E-state index contributed by atoms with van der Waals surface area (Å²) in [6.45, 7) is 1.90. The van der Waals surface area contributed by atoms with E-state index in [2.05, 4.69) is 10.1 Å². The third-order valence-corrected chi connectivity index (χ3v) is 1.93. The molecule has 2 heterocycles. The molecular formula is C9H9N3O. The summed E-state index contributed by atoms with van der Waals surface area (Å²) in [5.74, 6) is 0.880. The minimum Gasteiger partial charge on any atom is -0.411 e. The predicted octanol–water partition coefficient (Wildman–Crippen LogP) is 1.45. The van der Waals surface area contributed by atoms with Gasteiger partial charge >= 0.3 is 0 Å². The van der Waals surface area contributed by atoms with Gasteiger partial charge in [-0.25, -0.2) is 4.98 Å². The fourth-order valence-corrected chi connectivity index (χ4v) is 1.37. The molecule has 2 rings (SSSR count). The number of imidazole rings is 1. The number of aromatic nitrogens is 2. The van der Waals surface area contributed by atoms with Gasteiger partial charge in [0.2, 0.25) is 0 Å². The number of pyridine rings is 1. The Morgan fingerprint density at radius 3 is 3.15 bits per heavy atom. The molecule has 0 aliphatic carbocycles. The van der Waals surface area contributed by atoms with Gasteiger partial charge in [-0.3, -0.25) is 0 Å². The average molecular weight is 175 g/mol. The van der Waals surface area contributed by atoms with Gasteiger partial charge in [0.05, 0.1) is 11.7 Å². The van der Waals surface area contributed by atoms with Gasteiger partial charge in [0.25, 0.3) is 0 Å². The first kappa shape index (κ1) is 7.79. The van der Waals surface area contributed by atoms with Gasteiger partial charge in [-0.05, 0) is 19.1 Å². The van der Waals surface area contributed by atoms with Gasteiger partial charge in [0.15, 0.2) is 0 Å².